The Kier molecular flexibility index (Phi) is 3.12. The number of carbonyl (C=O) groups is 1. The fourth-order valence-corrected chi connectivity index (χ4v) is 1.27. The molecule has 0 saturated heterocycles. The molecule has 0 unspecified atom stereocenters. The van der Waals surface area contributed by atoms with E-state index in [1.807, 2.05) is 6.07 Å². The summed E-state index contributed by atoms with van der Waals surface area (Å²) in [5.74, 6) is -1.52. The minimum Gasteiger partial charge on any atom is -0.544 e. The van der Waals surface area contributed by atoms with Gasteiger partial charge in [-0.15, -0.1) is 0 Å². The molecule has 0 spiro atoms. The highest BCUT2D eigenvalue weighted by atomic mass is 16.4. The fraction of sp³-hybridized carbons (Fsp3) is 0.182. The van der Waals surface area contributed by atoms with Crippen molar-refractivity contribution in [2.45, 2.75) is 6.92 Å². The number of hydrogen-bond donors (Lipinski definition) is 0. The molecule has 0 bridgehead atoms. The summed E-state index contributed by atoms with van der Waals surface area (Å²) in [5.41, 5.74) is 1.18. The first-order chi connectivity index (χ1) is 7.51. The minimum atomic E-state index is -1.52. The smallest absolute Gasteiger partial charge is 0.120 e. The van der Waals surface area contributed by atoms with E-state index in [4.69, 9.17) is 10.5 Å². The first-order valence-corrected chi connectivity index (χ1v) is 4.40. The highest BCUT2D eigenvalue weighted by molar-refractivity contribution is 5.95. The second kappa shape index (κ2) is 4.33. The van der Waals surface area contributed by atoms with Crippen LogP contribution in [0.15, 0.2) is 11.6 Å². The highest BCUT2D eigenvalue weighted by Gasteiger charge is 2.07. The van der Waals surface area contributed by atoms with Crippen LogP contribution in [-0.4, -0.2) is 10.5 Å². The van der Waals surface area contributed by atoms with E-state index in [0.29, 0.717) is 17.0 Å². The van der Waals surface area contributed by atoms with Crippen LogP contribution >= 0.6 is 0 Å². The minimum absolute atomic E-state index is 0.402. The number of nitriles is 2. The molecule has 0 saturated carbocycles. The van der Waals surface area contributed by atoms with Crippen molar-refractivity contribution in [2.75, 3.05) is 0 Å². The summed E-state index contributed by atoms with van der Waals surface area (Å²) in [6.07, 6.45) is 1.20. The Morgan fingerprint density at radius 1 is 1.56 bits per heavy atom. The number of carboxylic acid groups (broad SMARTS) is 1. The van der Waals surface area contributed by atoms with E-state index >= 15 is 0 Å². The predicted molar refractivity (Wildman–Crippen MR) is 53.5 cm³/mol. The Hall–Kier alpha value is -2.53. The van der Waals surface area contributed by atoms with E-state index in [2.05, 4.69) is 0 Å². The number of carboxylic acids is 1. The van der Waals surface area contributed by atoms with Crippen molar-refractivity contribution in [3.05, 3.63) is 28.6 Å². The van der Waals surface area contributed by atoms with Crippen LogP contribution in [0.3, 0.4) is 0 Å². The summed E-state index contributed by atoms with van der Waals surface area (Å²) >= 11 is 0. The summed E-state index contributed by atoms with van der Waals surface area (Å²) in [6, 6.07) is 5.02. The van der Waals surface area contributed by atoms with E-state index in [0.717, 1.165) is 0 Å². The molecule has 0 fully saturated rings. The van der Waals surface area contributed by atoms with E-state index in [9.17, 15) is 9.90 Å². The van der Waals surface area contributed by atoms with Crippen LogP contribution in [0.5, 0.6) is 0 Å². The van der Waals surface area contributed by atoms with Crippen LogP contribution in [0.4, 0.5) is 0 Å². The van der Waals surface area contributed by atoms with Crippen molar-refractivity contribution in [1.29, 1.82) is 10.5 Å². The van der Waals surface area contributed by atoms with Crippen molar-refractivity contribution < 1.29 is 9.90 Å². The molecule has 0 aromatic carbocycles. The van der Waals surface area contributed by atoms with Gasteiger partial charge in [-0.3, -0.25) is 0 Å². The normalized spacial score (nSPS) is 10.6. The number of nitrogens with zero attached hydrogens (tertiary/aromatic N) is 3. The molecule has 1 aromatic rings. The highest BCUT2D eigenvalue weighted by Crippen LogP contribution is 2.16. The maximum Gasteiger partial charge on any atom is 0.120 e. The second-order valence-corrected chi connectivity index (χ2v) is 3.20. The van der Waals surface area contributed by atoms with Gasteiger partial charge in [0.1, 0.15) is 17.8 Å². The monoisotopic (exact) mass is 214 g/mol. The standard InChI is InChI=1S/C11H9N3O2/c1-7-8(3-9(5-12)11(15)16)4-10(6-13)14(7)2/h3-4H,1-2H3,(H,15,16)/p-1/b9-3-. The molecule has 1 aromatic heterocycles. The molecule has 0 N–H and O–H groups in total. The van der Waals surface area contributed by atoms with Crippen molar-refractivity contribution in [2.24, 2.45) is 7.05 Å². The van der Waals surface area contributed by atoms with Gasteiger partial charge < -0.3 is 14.5 Å². The van der Waals surface area contributed by atoms with Crippen LogP contribution < -0.4 is 5.11 Å². The summed E-state index contributed by atoms with van der Waals surface area (Å²) in [5, 5.41) is 27.9. The van der Waals surface area contributed by atoms with Crippen LogP contribution in [0.25, 0.3) is 6.08 Å². The van der Waals surface area contributed by atoms with Gasteiger partial charge in [0.15, 0.2) is 0 Å². The lowest BCUT2D eigenvalue weighted by molar-refractivity contribution is -0.298. The van der Waals surface area contributed by atoms with E-state index < -0.39 is 11.5 Å². The van der Waals surface area contributed by atoms with Crippen molar-refractivity contribution in [1.82, 2.24) is 4.57 Å². The summed E-state index contributed by atoms with van der Waals surface area (Å²) < 4.78 is 1.62. The topological polar surface area (TPSA) is 92.6 Å². The molecule has 0 aliphatic heterocycles. The predicted octanol–water partition coefficient (Wildman–Crippen LogP) is -0.138. The number of aromatic nitrogens is 1. The van der Waals surface area contributed by atoms with Crippen LogP contribution in [0, 0.1) is 29.6 Å². The van der Waals surface area contributed by atoms with Crippen molar-refractivity contribution in [3.63, 3.8) is 0 Å². The molecule has 1 heterocycles. The zero-order valence-corrected chi connectivity index (χ0v) is 8.81. The van der Waals surface area contributed by atoms with Gasteiger partial charge in [-0.2, -0.15) is 10.5 Å². The third-order valence-corrected chi connectivity index (χ3v) is 2.33. The van der Waals surface area contributed by atoms with Crippen LogP contribution in [-0.2, 0) is 11.8 Å². The average molecular weight is 214 g/mol. The first kappa shape index (κ1) is 11.5. The Morgan fingerprint density at radius 3 is 2.56 bits per heavy atom. The molecule has 0 radical (unpaired) electrons. The molecule has 0 aliphatic carbocycles. The van der Waals surface area contributed by atoms with Crippen molar-refractivity contribution >= 4 is 12.0 Å². The third-order valence-electron chi connectivity index (χ3n) is 2.33. The van der Waals surface area contributed by atoms with Gasteiger partial charge in [-0.05, 0) is 24.6 Å². The van der Waals surface area contributed by atoms with E-state index in [-0.39, 0.29) is 0 Å². The second-order valence-electron chi connectivity index (χ2n) is 3.20. The molecule has 1 rings (SSSR count). The average Bonchev–Trinajstić information content (AvgIpc) is 2.52. The molecule has 0 atom stereocenters. The lowest BCUT2D eigenvalue weighted by atomic mass is 10.1. The number of hydrogen-bond acceptors (Lipinski definition) is 4. The molecule has 0 amide bonds. The fourth-order valence-electron chi connectivity index (χ4n) is 1.27. The Bertz CT molecular complexity index is 553. The van der Waals surface area contributed by atoms with Crippen LogP contribution in [0.2, 0.25) is 0 Å². The van der Waals surface area contributed by atoms with Crippen molar-refractivity contribution in [3.8, 4) is 12.1 Å². The molecule has 16 heavy (non-hydrogen) atoms. The van der Waals surface area contributed by atoms with E-state index in [1.165, 1.54) is 18.2 Å². The van der Waals surface area contributed by atoms with Gasteiger partial charge in [0.25, 0.3) is 0 Å². The maximum atomic E-state index is 10.5. The van der Waals surface area contributed by atoms with Gasteiger partial charge in [-0.1, -0.05) is 0 Å². The Balaban J connectivity index is 3.33. The Labute approximate surface area is 92.5 Å². The lowest BCUT2D eigenvalue weighted by Gasteiger charge is -2.00. The lowest BCUT2D eigenvalue weighted by Crippen LogP contribution is -2.23. The van der Waals surface area contributed by atoms with Gasteiger partial charge in [-0.25, -0.2) is 0 Å². The zero-order chi connectivity index (χ0) is 12.3. The molecule has 80 valence electrons. The summed E-state index contributed by atoms with van der Waals surface area (Å²) in [4.78, 5) is 10.5. The summed E-state index contributed by atoms with van der Waals surface area (Å²) in [7, 11) is 1.69. The first-order valence-electron chi connectivity index (χ1n) is 4.40. The third kappa shape index (κ3) is 1.94. The maximum absolute atomic E-state index is 10.5. The van der Waals surface area contributed by atoms with Gasteiger partial charge in [0, 0.05) is 12.7 Å². The molecular weight excluding hydrogens is 206 g/mol. The number of carbonyl (C=O) groups excluding carboxylic acids is 1. The van der Waals surface area contributed by atoms with Gasteiger partial charge in [0.2, 0.25) is 0 Å². The van der Waals surface area contributed by atoms with Gasteiger partial charge >= 0.3 is 0 Å². The molecule has 5 heteroatoms. The number of aliphatic carboxylic acids is 1. The van der Waals surface area contributed by atoms with Crippen LogP contribution in [0.1, 0.15) is 17.0 Å². The largest absolute Gasteiger partial charge is 0.544 e. The summed E-state index contributed by atoms with van der Waals surface area (Å²) in [6.45, 7) is 1.73. The van der Waals surface area contributed by atoms with E-state index in [1.54, 1.807) is 18.5 Å². The quantitative estimate of drug-likeness (QED) is 0.506. The Morgan fingerprint density at radius 2 is 2.19 bits per heavy atom. The molecular formula is C11H8N3O2-. The molecule has 5 nitrogen and oxygen atoms in total. The number of rotatable bonds is 2. The SMILES string of the molecule is Cc1c(/C=C(/C#N)C(=O)[O-])cc(C#N)n1C. The van der Waals surface area contributed by atoms with Gasteiger partial charge in [0.05, 0.1) is 11.5 Å². The molecule has 0 aliphatic rings. The zero-order valence-electron chi connectivity index (χ0n) is 8.81.